The molecule has 2 N–H and O–H groups in total. The highest BCUT2D eigenvalue weighted by Gasteiger charge is 2.49. The van der Waals surface area contributed by atoms with Crippen molar-refractivity contribution in [1.82, 2.24) is 4.90 Å². The Morgan fingerprint density at radius 2 is 2.11 bits per heavy atom. The van der Waals surface area contributed by atoms with Crippen LogP contribution in [0.25, 0.3) is 0 Å². The van der Waals surface area contributed by atoms with Gasteiger partial charge in [-0.3, -0.25) is 4.90 Å². The second kappa shape index (κ2) is 5.58. The van der Waals surface area contributed by atoms with Crippen molar-refractivity contribution >= 4 is 0 Å². The molecule has 0 bridgehead atoms. The standard InChI is InChI=1S/C13H23F3N2O/c1-18(11-4-6-19-8-11)12(9-17)5-2-3-10(7-12)13(14,15)16/h10-11H,2-9,17H2,1H3. The zero-order valence-corrected chi connectivity index (χ0v) is 11.4. The monoisotopic (exact) mass is 280 g/mol. The molecule has 2 aliphatic rings. The van der Waals surface area contributed by atoms with E-state index in [1.165, 1.54) is 0 Å². The van der Waals surface area contributed by atoms with Gasteiger partial charge in [-0.2, -0.15) is 13.2 Å². The molecule has 0 amide bonds. The van der Waals surface area contributed by atoms with E-state index in [1.807, 2.05) is 7.05 Å². The maximum Gasteiger partial charge on any atom is 0.391 e. The molecule has 19 heavy (non-hydrogen) atoms. The van der Waals surface area contributed by atoms with Crippen molar-refractivity contribution in [3.63, 3.8) is 0 Å². The summed E-state index contributed by atoms with van der Waals surface area (Å²) in [6, 6.07) is 0.204. The molecule has 0 aromatic heterocycles. The van der Waals surface area contributed by atoms with Crippen LogP contribution in [0.5, 0.6) is 0 Å². The molecule has 0 aromatic carbocycles. The predicted molar refractivity (Wildman–Crippen MR) is 66.8 cm³/mol. The van der Waals surface area contributed by atoms with Crippen LogP contribution in [0.3, 0.4) is 0 Å². The number of likely N-dealkylation sites (N-methyl/N-ethyl adjacent to an activating group) is 1. The zero-order valence-electron chi connectivity index (χ0n) is 11.4. The van der Waals surface area contributed by atoms with Crippen LogP contribution >= 0.6 is 0 Å². The topological polar surface area (TPSA) is 38.5 Å². The quantitative estimate of drug-likeness (QED) is 0.861. The first-order valence-electron chi connectivity index (χ1n) is 6.96. The molecule has 0 radical (unpaired) electrons. The minimum absolute atomic E-state index is 0.125. The molecule has 6 heteroatoms. The summed E-state index contributed by atoms with van der Waals surface area (Å²) in [7, 11) is 1.91. The van der Waals surface area contributed by atoms with E-state index in [1.54, 1.807) is 0 Å². The van der Waals surface area contributed by atoms with Gasteiger partial charge < -0.3 is 10.5 Å². The number of alkyl halides is 3. The van der Waals surface area contributed by atoms with Crippen LogP contribution in [-0.2, 0) is 4.74 Å². The Bertz CT molecular complexity index is 305. The summed E-state index contributed by atoms with van der Waals surface area (Å²) in [5, 5.41) is 0. The summed E-state index contributed by atoms with van der Waals surface area (Å²) < 4.78 is 44.3. The maximum atomic E-state index is 13.0. The average molecular weight is 280 g/mol. The zero-order chi connectivity index (χ0) is 14.1. The highest BCUT2D eigenvalue weighted by atomic mass is 19.4. The largest absolute Gasteiger partial charge is 0.391 e. The lowest BCUT2D eigenvalue weighted by atomic mass is 9.74. The Morgan fingerprint density at radius 1 is 1.37 bits per heavy atom. The van der Waals surface area contributed by atoms with Crippen molar-refractivity contribution in [2.75, 3.05) is 26.8 Å². The molecule has 1 aliphatic heterocycles. The van der Waals surface area contributed by atoms with Crippen LogP contribution in [-0.4, -0.2) is 49.5 Å². The van der Waals surface area contributed by atoms with Crippen molar-refractivity contribution in [2.45, 2.75) is 49.9 Å². The van der Waals surface area contributed by atoms with Gasteiger partial charge in [-0.05, 0) is 32.7 Å². The highest BCUT2D eigenvalue weighted by molar-refractivity contribution is 4.99. The Hall–Kier alpha value is -0.330. The molecule has 3 nitrogen and oxygen atoms in total. The number of nitrogens with zero attached hydrogens (tertiary/aromatic N) is 1. The van der Waals surface area contributed by atoms with Crippen LogP contribution in [0.15, 0.2) is 0 Å². The first-order chi connectivity index (χ1) is 8.89. The molecule has 1 heterocycles. The molecule has 112 valence electrons. The van der Waals surface area contributed by atoms with Crippen molar-refractivity contribution in [1.29, 1.82) is 0 Å². The van der Waals surface area contributed by atoms with Crippen LogP contribution in [0.1, 0.15) is 32.1 Å². The number of halogens is 3. The van der Waals surface area contributed by atoms with Crippen LogP contribution in [0, 0.1) is 5.92 Å². The third kappa shape index (κ3) is 3.06. The van der Waals surface area contributed by atoms with E-state index < -0.39 is 17.6 Å². The molecule has 1 saturated carbocycles. The predicted octanol–water partition coefficient (Wildman–Crippen LogP) is 2.16. The van der Waals surface area contributed by atoms with Gasteiger partial charge in [-0.1, -0.05) is 6.42 Å². The molecular formula is C13H23F3N2O. The summed E-state index contributed by atoms with van der Waals surface area (Å²) in [5.41, 5.74) is 5.35. The van der Waals surface area contributed by atoms with Crippen LogP contribution in [0.4, 0.5) is 13.2 Å². The van der Waals surface area contributed by atoms with E-state index in [-0.39, 0.29) is 25.4 Å². The Morgan fingerprint density at radius 3 is 2.63 bits per heavy atom. The highest BCUT2D eigenvalue weighted by Crippen LogP contribution is 2.44. The lowest BCUT2D eigenvalue weighted by Crippen LogP contribution is -2.59. The SMILES string of the molecule is CN(C1CCOC1)C1(CN)CCCC(C(F)(F)F)C1. The molecule has 0 spiro atoms. The summed E-state index contributed by atoms with van der Waals surface area (Å²) in [6.45, 7) is 1.58. The fourth-order valence-electron chi connectivity index (χ4n) is 3.48. The first kappa shape index (κ1) is 15.1. The van der Waals surface area contributed by atoms with Gasteiger partial charge in [0.1, 0.15) is 0 Å². The van der Waals surface area contributed by atoms with Gasteiger partial charge >= 0.3 is 6.18 Å². The normalized spacial score (nSPS) is 36.9. The number of nitrogens with two attached hydrogens (primary N) is 1. The molecule has 0 aromatic rings. The van der Waals surface area contributed by atoms with E-state index in [0.717, 1.165) is 12.8 Å². The van der Waals surface area contributed by atoms with E-state index in [2.05, 4.69) is 4.90 Å². The van der Waals surface area contributed by atoms with Crippen molar-refractivity contribution in [2.24, 2.45) is 11.7 Å². The number of rotatable bonds is 3. The third-order valence-corrected chi connectivity index (χ3v) is 4.87. The van der Waals surface area contributed by atoms with Crippen LogP contribution in [0.2, 0.25) is 0 Å². The van der Waals surface area contributed by atoms with Gasteiger partial charge in [0.25, 0.3) is 0 Å². The first-order valence-corrected chi connectivity index (χ1v) is 6.96. The van der Waals surface area contributed by atoms with Gasteiger partial charge in [0.05, 0.1) is 12.5 Å². The number of hydrogen-bond acceptors (Lipinski definition) is 3. The molecule has 1 aliphatic carbocycles. The Kier molecular flexibility index (Phi) is 4.42. The average Bonchev–Trinajstić information content (AvgIpc) is 2.90. The van der Waals surface area contributed by atoms with Crippen molar-refractivity contribution in [3.8, 4) is 0 Å². The van der Waals surface area contributed by atoms with Gasteiger partial charge in [-0.25, -0.2) is 0 Å². The van der Waals surface area contributed by atoms with Crippen molar-refractivity contribution in [3.05, 3.63) is 0 Å². The summed E-state index contributed by atoms with van der Waals surface area (Å²) >= 11 is 0. The van der Waals surface area contributed by atoms with E-state index >= 15 is 0 Å². The summed E-state index contributed by atoms with van der Waals surface area (Å²) in [5.74, 6) is -1.21. The fraction of sp³-hybridized carbons (Fsp3) is 1.00. The Balaban J connectivity index is 2.12. The molecular weight excluding hydrogens is 257 g/mol. The molecule has 2 rings (SSSR count). The summed E-state index contributed by atoms with van der Waals surface area (Å²) in [6.07, 6.45) is -1.51. The smallest absolute Gasteiger partial charge is 0.380 e. The lowest BCUT2D eigenvalue weighted by molar-refractivity contribution is -0.194. The molecule has 2 fully saturated rings. The van der Waals surface area contributed by atoms with Gasteiger partial charge in [0.2, 0.25) is 0 Å². The van der Waals surface area contributed by atoms with Gasteiger partial charge in [0.15, 0.2) is 0 Å². The second-order valence-electron chi connectivity index (χ2n) is 5.89. The maximum absolute atomic E-state index is 13.0. The van der Waals surface area contributed by atoms with E-state index in [4.69, 9.17) is 10.5 Å². The molecule has 1 saturated heterocycles. The number of ether oxygens (including phenoxy) is 1. The molecule has 3 unspecified atom stereocenters. The third-order valence-electron chi connectivity index (χ3n) is 4.87. The molecule has 3 atom stereocenters. The minimum atomic E-state index is -4.10. The summed E-state index contributed by atoms with van der Waals surface area (Å²) in [4.78, 5) is 2.07. The van der Waals surface area contributed by atoms with Crippen molar-refractivity contribution < 1.29 is 17.9 Å². The van der Waals surface area contributed by atoms with Gasteiger partial charge in [0, 0.05) is 24.7 Å². The fourth-order valence-corrected chi connectivity index (χ4v) is 3.48. The second-order valence-corrected chi connectivity index (χ2v) is 5.89. The van der Waals surface area contributed by atoms with E-state index in [9.17, 15) is 13.2 Å². The van der Waals surface area contributed by atoms with E-state index in [0.29, 0.717) is 19.6 Å². The Labute approximate surface area is 112 Å². The lowest BCUT2D eigenvalue weighted by Gasteiger charge is -2.49. The minimum Gasteiger partial charge on any atom is -0.380 e. The number of hydrogen-bond donors (Lipinski definition) is 1. The van der Waals surface area contributed by atoms with Gasteiger partial charge in [-0.15, -0.1) is 0 Å². The van der Waals surface area contributed by atoms with Crippen LogP contribution < -0.4 is 5.73 Å².